The Morgan fingerprint density at radius 1 is 1.35 bits per heavy atom. The Morgan fingerprint density at radius 2 is 2.00 bits per heavy atom. The molecule has 9 heteroatoms. The molecule has 0 aromatic carbocycles. The van der Waals surface area contributed by atoms with Crippen LogP contribution in [0.2, 0.25) is 0 Å². The van der Waals surface area contributed by atoms with Gasteiger partial charge in [0.05, 0.1) is 19.1 Å². The first-order valence-corrected chi connectivity index (χ1v) is 8.08. The zero-order valence-electron chi connectivity index (χ0n) is 13.7. The van der Waals surface area contributed by atoms with E-state index < -0.39 is 34.8 Å². The Bertz CT molecular complexity index is 482. The fourth-order valence-electron chi connectivity index (χ4n) is 2.24. The molecule has 0 unspecified atom stereocenters. The number of rotatable bonds is 7. The minimum absolute atomic E-state index is 0.0289. The number of carbonyl (C=O) groups excluding carboxylic acids is 4. The zero-order valence-corrected chi connectivity index (χ0v) is 14.5. The van der Waals surface area contributed by atoms with Gasteiger partial charge in [-0.1, -0.05) is 0 Å². The Balaban J connectivity index is 2.75. The van der Waals surface area contributed by atoms with Gasteiger partial charge in [-0.2, -0.15) is 0 Å². The van der Waals surface area contributed by atoms with Crippen LogP contribution in [0.3, 0.4) is 0 Å². The van der Waals surface area contributed by atoms with Crippen molar-refractivity contribution in [2.45, 2.75) is 43.6 Å². The number of ether oxygens (including phenoxy) is 2. The summed E-state index contributed by atoms with van der Waals surface area (Å²) in [5.74, 6) is -1.15. The maximum Gasteiger partial charge on any atom is 0.328 e. The summed E-state index contributed by atoms with van der Waals surface area (Å²) >= 11 is 1.48. The number of amides is 2. The van der Waals surface area contributed by atoms with Crippen molar-refractivity contribution in [3.05, 3.63) is 0 Å². The Labute approximate surface area is 139 Å². The molecule has 1 aliphatic rings. The molecule has 0 aliphatic carbocycles. The summed E-state index contributed by atoms with van der Waals surface area (Å²) in [6.45, 7) is 3.68. The van der Waals surface area contributed by atoms with E-state index in [4.69, 9.17) is 0 Å². The lowest BCUT2D eigenvalue weighted by Crippen LogP contribution is -2.53. The molecule has 1 heterocycles. The van der Waals surface area contributed by atoms with Crippen LogP contribution < -0.4 is 5.32 Å². The molecule has 8 nitrogen and oxygen atoms in total. The summed E-state index contributed by atoms with van der Waals surface area (Å²) in [6, 6.07) is -1.63. The van der Waals surface area contributed by atoms with Gasteiger partial charge in [-0.25, -0.2) is 4.79 Å². The molecular formula is C14H22N2O6S. The smallest absolute Gasteiger partial charge is 0.328 e. The van der Waals surface area contributed by atoms with Gasteiger partial charge in [-0.3, -0.25) is 14.4 Å². The average Bonchev–Trinajstić information content (AvgIpc) is 2.84. The van der Waals surface area contributed by atoms with Gasteiger partial charge in [0.25, 0.3) is 0 Å². The van der Waals surface area contributed by atoms with Crippen molar-refractivity contribution in [2.75, 3.05) is 20.0 Å². The SMILES string of the molecule is COC(=O)CC[C@H](NC(=O)[C@@H]1CSC(C)(C)N1C=O)C(=O)OC. The second kappa shape index (κ2) is 8.19. The molecule has 0 aromatic rings. The van der Waals surface area contributed by atoms with E-state index in [0.29, 0.717) is 12.2 Å². The minimum Gasteiger partial charge on any atom is -0.469 e. The summed E-state index contributed by atoms with van der Waals surface area (Å²) in [4.78, 5) is 47.5. The molecule has 130 valence electrons. The first-order chi connectivity index (χ1) is 10.8. The molecule has 1 saturated heterocycles. The first kappa shape index (κ1) is 19.3. The fraction of sp³-hybridized carbons (Fsp3) is 0.714. The van der Waals surface area contributed by atoms with Crippen LogP contribution in [0.25, 0.3) is 0 Å². The summed E-state index contributed by atoms with van der Waals surface area (Å²) in [5.41, 5.74) is 0. The van der Waals surface area contributed by atoms with Gasteiger partial charge < -0.3 is 19.7 Å². The number of hydrogen-bond acceptors (Lipinski definition) is 7. The van der Waals surface area contributed by atoms with Crippen molar-refractivity contribution >= 4 is 36.0 Å². The molecule has 0 aromatic heterocycles. The van der Waals surface area contributed by atoms with Crippen LogP contribution in [0.4, 0.5) is 0 Å². The van der Waals surface area contributed by atoms with Crippen LogP contribution in [-0.4, -0.2) is 66.1 Å². The van der Waals surface area contributed by atoms with Gasteiger partial charge in [-0.05, 0) is 20.3 Å². The van der Waals surface area contributed by atoms with Crippen LogP contribution in [0.5, 0.6) is 0 Å². The molecule has 1 fully saturated rings. The fourth-order valence-corrected chi connectivity index (χ4v) is 3.44. The molecule has 2 amide bonds. The van der Waals surface area contributed by atoms with Crippen molar-refractivity contribution in [1.29, 1.82) is 0 Å². The molecule has 1 rings (SSSR count). The number of hydrogen-bond donors (Lipinski definition) is 1. The van der Waals surface area contributed by atoms with Gasteiger partial charge in [-0.15, -0.1) is 11.8 Å². The van der Waals surface area contributed by atoms with E-state index in [1.165, 1.54) is 30.9 Å². The average molecular weight is 346 g/mol. The largest absolute Gasteiger partial charge is 0.469 e. The normalized spacial score (nSPS) is 20.5. The van der Waals surface area contributed by atoms with Crippen molar-refractivity contribution in [3.63, 3.8) is 0 Å². The van der Waals surface area contributed by atoms with Gasteiger partial charge in [0.2, 0.25) is 12.3 Å². The Morgan fingerprint density at radius 3 is 2.52 bits per heavy atom. The molecule has 1 aliphatic heterocycles. The summed E-state index contributed by atoms with van der Waals surface area (Å²) in [5, 5.41) is 2.56. The quantitative estimate of drug-likeness (QED) is 0.507. The van der Waals surface area contributed by atoms with E-state index in [1.54, 1.807) is 0 Å². The number of carbonyl (C=O) groups is 4. The third-order valence-electron chi connectivity index (χ3n) is 3.64. The van der Waals surface area contributed by atoms with Gasteiger partial charge in [0.1, 0.15) is 12.1 Å². The molecule has 0 spiro atoms. The number of methoxy groups -OCH3 is 2. The van der Waals surface area contributed by atoms with E-state index in [1.807, 2.05) is 13.8 Å². The molecule has 2 atom stereocenters. The summed E-state index contributed by atoms with van der Waals surface area (Å²) in [7, 11) is 2.44. The molecular weight excluding hydrogens is 324 g/mol. The third-order valence-corrected chi connectivity index (χ3v) is 5.03. The monoisotopic (exact) mass is 346 g/mol. The highest BCUT2D eigenvalue weighted by Crippen LogP contribution is 2.37. The van der Waals surface area contributed by atoms with Crippen molar-refractivity contribution < 1.29 is 28.7 Å². The molecule has 0 saturated carbocycles. The van der Waals surface area contributed by atoms with Crippen molar-refractivity contribution in [2.24, 2.45) is 0 Å². The van der Waals surface area contributed by atoms with Crippen molar-refractivity contribution in [3.8, 4) is 0 Å². The Hall–Kier alpha value is -1.77. The van der Waals surface area contributed by atoms with E-state index in [-0.39, 0.29) is 12.8 Å². The van der Waals surface area contributed by atoms with Gasteiger partial charge in [0.15, 0.2) is 0 Å². The van der Waals surface area contributed by atoms with E-state index in [9.17, 15) is 19.2 Å². The predicted octanol–water partition coefficient (Wildman–Crippen LogP) is -0.0927. The van der Waals surface area contributed by atoms with E-state index >= 15 is 0 Å². The highest BCUT2D eigenvalue weighted by molar-refractivity contribution is 8.00. The lowest BCUT2D eigenvalue weighted by Gasteiger charge is -2.30. The van der Waals surface area contributed by atoms with Crippen LogP contribution in [0.1, 0.15) is 26.7 Å². The molecule has 0 radical (unpaired) electrons. The highest BCUT2D eigenvalue weighted by atomic mass is 32.2. The predicted molar refractivity (Wildman–Crippen MR) is 83.4 cm³/mol. The van der Waals surface area contributed by atoms with Crippen LogP contribution in [0.15, 0.2) is 0 Å². The molecule has 0 bridgehead atoms. The van der Waals surface area contributed by atoms with E-state index in [0.717, 1.165) is 0 Å². The summed E-state index contributed by atoms with van der Waals surface area (Å²) in [6.07, 6.45) is 0.667. The van der Waals surface area contributed by atoms with Gasteiger partial charge in [0, 0.05) is 12.2 Å². The second-order valence-corrected chi connectivity index (χ2v) is 7.11. The number of thioether (sulfide) groups is 1. The topological polar surface area (TPSA) is 102 Å². The zero-order chi connectivity index (χ0) is 17.6. The first-order valence-electron chi connectivity index (χ1n) is 7.09. The van der Waals surface area contributed by atoms with Crippen LogP contribution in [0, 0.1) is 0 Å². The number of nitrogens with zero attached hydrogens (tertiary/aromatic N) is 1. The number of nitrogens with one attached hydrogen (secondary N) is 1. The maximum atomic E-state index is 12.4. The Kier molecular flexibility index (Phi) is 6.86. The third kappa shape index (κ3) is 4.85. The van der Waals surface area contributed by atoms with Crippen LogP contribution >= 0.6 is 11.8 Å². The van der Waals surface area contributed by atoms with Crippen molar-refractivity contribution in [1.82, 2.24) is 10.2 Å². The summed E-state index contributed by atoms with van der Waals surface area (Å²) < 4.78 is 9.16. The molecule has 1 N–H and O–H groups in total. The van der Waals surface area contributed by atoms with Gasteiger partial charge >= 0.3 is 11.9 Å². The lowest BCUT2D eigenvalue weighted by molar-refractivity contribution is -0.147. The lowest BCUT2D eigenvalue weighted by atomic mass is 10.1. The second-order valence-electron chi connectivity index (χ2n) is 5.49. The maximum absolute atomic E-state index is 12.4. The number of esters is 2. The highest BCUT2D eigenvalue weighted by Gasteiger charge is 2.43. The minimum atomic E-state index is -0.964. The van der Waals surface area contributed by atoms with E-state index in [2.05, 4.69) is 14.8 Å². The van der Waals surface area contributed by atoms with Crippen LogP contribution in [-0.2, 0) is 28.7 Å². The standard InChI is InChI=1S/C14H22N2O6S/c1-14(2)16(8-17)10(7-23-14)12(19)15-9(13(20)22-4)5-6-11(18)21-3/h8-10H,5-7H2,1-4H3,(H,15,19)/t9-,10-/m0/s1. The molecule has 23 heavy (non-hydrogen) atoms.